The van der Waals surface area contributed by atoms with Crippen LogP contribution in [0.2, 0.25) is 5.02 Å². The number of benzene rings is 1. The Hall–Kier alpha value is -1.48. The van der Waals surface area contributed by atoms with Crippen molar-refractivity contribution in [3.63, 3.8) is 0 Å². The molecule has 22 heavy (non-hydrogen) atoms. The molecule has 0 aromatic heterocycles. The van der Waals surface area contributed by atoms with Gasteiger partial charge in [0.1, 0.15) is 6.04 Å². The van der Waals surface area contributed by atoms with Crippen LogP contribution in [-0.2, 0) is 0 Å². The molecular weight excluding hydrogens is 302 g/mol. The summed E-state index contributed by atoms with van der Waals surface area (Å²) in [4.78, 5) is 4.44. The number of nitriles is 1. The van der Waals surface area contributed by atoms with E-state index in [1.54, 1.807) is 13.2 Å². The highest BCUT2D eigenvalue weighted by molar-refractivity contribution is 6.32. The molecule has 1 unspecified atom stereocenters. The molecule has 1 saturated heterocycles. The molecular formula is C16H22ClN3O2. The molecule has 1 atom stereocenters. The maximum Gasteiger partial charge on any atom is 0.179 e. The van der Waals surface area contributed by atoms with E-state index in [1.165, 1.54) is 0 Å². The number of hydrogen-bond acceptors (Lipinski definition) is 5. The fourth-order valence-corrected chi connectivity index (χ4v) is 2.95. The molecule has 5 nitrogen and oxygen atoms in total. The zero-order chi connectivity index (χ0) is 16.1. The molecule has 6 heteroatoms. The smallest absolute Gasteiger partial charge is 0.179 e. The number of rotatable bonds is 5. The average molecular weight is 324 g/mol. The standard InChI is InChI=1S/C16H22ClN3O2/c1-4-22-15-10-12(9-13(17)16(15)21-3)14(11-18)20-7-5-19(2)6-8-20/h9-10,14H,4-8H2,1-3H3. The van der Waals surface area contributed by atoms with Gasteiger partial charge in [0.15, 0.2) is 11.5 Å². The molecule has 1 aromatic rings. The first-order chi connectivity index (χ1) is 10.6. The lowest BCUT2D eigenvalue weighted by Crippen LogP contribution is -2.45. The van der Waals surface area contributed by atoms with Crippen molar-refractivity contribution >= 4 is 11.6 Å². The predicted molar refractivity (Wildman–Crippen MR) is 86.6 cm³/mol. The number of halogens is 1. The summed E-state index contributed by atoms with van der Waals surface area (Å²) >= 11 is 6.29. The van der Waals surface area contributed by atoms with Gasteiger partial charge < -0.3 is 14.4 Å². The van der Waals surface area contributed by atoms with E-state index in [2.05, 4.69) is 22.9 Å². The molecule has 0 radical (unpaired) electrons. The summed E-state index contributed by atoms with van der Waals surface area (Å²) in [6.07, 6.45) is 0. The highest BCUT2D eigenvalue weighted by Crippen LogP contribution is 2.39. The summed E-state index contributed by atoms with van der Waals surface area (Å²) in [7, 11) is 3.65. The first-order valence-corrected chi connectivity index (χ1v) is 7.81. The Morgan fingerprint density at radius 2 is 2.00 bits per heavy atom. The van der Waals surface area contributed by atoms with Gasteiger partial charge >= 0.3 is 0 Å². The minimum absolute atomic E-state index is 0.323. The van der Waals surface area contributed by atoms with Gasteiger partial charge in [-0.3, -0.25) is 4.90 Å². The zero-order valence-corrected chi connectivity index (χ0v) is 14.1. The Morgan fingerprint density at radius 3 is 2.55 bits per heavy atom. The molecule has 0 aliphatic carbocycles. The number of piperazine rings is 1. The summed E-state index contributed by atoms with van der Waals surface area (Å²) < 4.78 is 10.9. The molecule has 120 valence electrons. The third-order valence-corrected chi connectivity index (χ3v) is 4.16. The molecule has 1 fully saturated rings. The summed E-state index contributed by atoms with van der Waals surface area (Å²) in [5.41, 5.74) is 0.848. The number of likely N-dealkylation sites (N-methyl/N-ethyl adjacent to an activating group) is 1. The molecule has 1 heterocycles. The van der Waals surface area contributed by atoms with Gasteiger partial charge in [-0.2, -0.15) is 5.26 Å². The number of methoxy groups -OCH3 is 1. The van der Waals surface area contributed by atoms with E-state index in [9.17, 15) is 5.26 Å². The van der Waals surface area contributed by atoms with Crippen molar-refractivity contribution in [2.75, 3.05) is 46.9 Å². The number of nitrogens with zero attached hydrogens (tertiary/aromatic N) is 3. The van der Waals surface area contributed by atoms with E-state index in [1.807, 2.05) is 13.0 Å². The van der Waals surface area contributed by atoms with Crippen molar-refractivity contribution < 1.29 is 9.47 Å². The second-order valence-corrected chi connectivity index (χ2v) is 5.75. The molecule has 1 aliphatic heterocycles. The van der Waals surface area contributed by atoms with Gasteiger partial charge in [0.2, 0.25) is 0 Å². The highest BCUT2D eigenvalue weighted by atomic mass is 35.5. The van der Waals surface area contributed by atoms with Crippen LogP contribution in [0.25, 0.3) is 0 Å². The van der Waals surface area contributed by atoms with Crippen molar-refractivity contribution in [1.29, 1.82) is 5.26 Å². The summed E-state index contributed by atoms with van der Waals surface area (Å²) in [6.45, 7) is 6.07. The van der Waals surface area contributed by atoms with E-state index < -0.39 is 0 Å². The summed E-state index contributed by atoms with van der Waals surface area (Å²) in [5.74, 6) is 1.10. The lowest BCUT2D eigenvalue weighted by atomic mass is 10.0. The van der Waals surface area contributed by atoms with E-state index in [0.29, 0.717) is 23.1 Å². The lowest BCUT2D eigenvalue weighted by Gasteiger charge is -2.35. The van der Waals surface area contributed by atoms with Crippen LogP contribution in [0, 0.1) is 11.3 Å². The van der Waals surface area contributed by atoms with Gasteiger partial charge in [0.05, 0.1) is 24.8 Å². The lowest BCUT2D eigenvalue weighted by molar-refractivity contribution is 0.132. The molecule has 0 bridgehead atoms. The van der Waals surface area contributed by atoms with Crippen molar-refractivity contribution in [3.05, 3.63) is 22.7 Å². The fourth-order valence-electron chi connectivity index (χ4n) is 2.65. The van der Waals surface area contributed by atoms with Gasteiger partial charge in [-0.15, -0.1) is 0 Å². The topological polar surface area (TPSA) is 48.7 Å². The Kier molecular flexibility index (Phi) is 5.90. The Labute approximate surface area is 137 Å². The van der Waals surface area contributed by atoms with Gasteiger partial charge in [0, 0.05) is 26.2 Å². The van der Waals surface area contributed by atoms with Gasteiger partial charge in [-0.05, 0) is 31.7 Å². The molecule has 0 spiro atoms. The first kappa shape index (κ1) is 16.9. The number of ether oxygens (including phenoxy) is 2. The molecule has 2 rings (SSSR count). The van der Waals surface area contributed by atoms with Crippen LogP contribution in [0.1, 0.15) is 18.5 Å². The highest BCUT2D eigenvalue weighted by Gasteiger charge is 2.25. The first-order valence-electron chi connectivity index (χ1n) is 7.43. The molecule has 1 aromatic carbocycles. The van der Waals surface area contributed by atoms with Crippen LogP contribution >= 0.6 is 11.6 Å². The predicted octanol–water partition coefficient (Wildman–Crippen LogP) is 2.56. The Bertz CT molecular complexity index is 551. The summed E-state index contributed by atoms with van der Waals surface area (Å²) in [6, 6.07) is 5.73. The zero-order valence-electron chi connectivity index (χ0n) is 13.3. The second-order valence-electron chi connectivity index (χ2n) is 5.34. The van der Waals surface area contributed by atoms with Crippen LogP contribution in [0.15, 0.2) is 12.1 Å². The molecule has 1 aliphatic rings. The molecule has 0 amide bonds. The van der Waals surface area contributed by atoms with Gasteiger partial charge in [0.25, 0.3) is 0 Å². The third kappa shape index (κ3) is 3.64. The monoisotopic (exact) mass is 323 g/mol. The maximum atomic E-state index is 9.62. The van der Waals surface area contributed by atoms with Crippen LogP contribution in [0.4, 0.5) is 0 Å². The van der Waals surface area contributed by atoms with Crippen molar-refractivity contribution in [3.8, 4) is 17.6 Å². The second kappa shape index (κ2) is 7.68. The van der Waals surface area contributed by atoms with Gasteiger partial charge in [-0.25, -0.2) is 0 Å². The van der Waals surface area contributed by atoms with E-state index in [0.717, 1.165) is 31.7 Å². The fraction of sp³-hybridized carbons (Fsp3) is 0.562. The van der Waals surface area contributed by atoms with Crippen LogP contribution in [-0.4, -0.2) is 56.7 Å². The average Bonchev–Trinajstić information content (AvgIpc) is 2.50. The summed E-state index contributed by atoms with van der Waals surface area (Å²) in [5, 5.41) is 10.1. The van der Waals surface area contributed by atoms with Crippen molar-refractivity contribution in [2.45, 2.75) is 13.0 Å². The largest absolute Gasteiger partial charge is 0.491 e. The van der Waals surface area contributed by atoms with Gasteiger partial charge in [-0.1, -0.05) is 11.6 Å². The Balaban J connectivity index is 2.31. The van der Waals surface area contributed by atoms with Crippen LogP contribution in [0.5, 0.6) is 11.5 Å². The molecule has 0 saturated carbocycles. The minimum atomic E-state index is -0.323. The van der Waals surface area contributed by atoms with E-state index in [-0.39, 0.29) is 6.04 Å². The third-order valence-electron chi connectivity index (χ3n) is 3.88. The molecule has 0 N–H and O–H groups in total. The number of hydrogen-bond donors (Lipinski definition) is 0. The van der Waals surface area contributed by atoms with Crippen molar-refractivity contribution in [1.82, 2.24) is 9.80 Å². The van der Waals surface area contributed by atoms with Crippen molar-refractivity contribution in [2.24, 2.45) is 0 Å². The maximum absolute atomic E-state index is 9.62. The minimum Gasteiger partial charge on any atom is -0.491 e. The van der Waals surface area contributed by atoms with Crippen LogP contribution < -0.4 is 9.47 Å². The Morgan fingerprint density at radius 1 is 1.32 bits per heavy atom. The van der Waals surface area contributed by atoms with Crippen LogP contribution in [0.3, 0.4) is 0 Å². The normalized spacial score (nSPS) is 17.8. The quantitative estimate of drug-likeness (QED) is 0.833. The van der Waals surface area contributed by atoms with E-state index in [4.69, 9.17) is 21.1 Å². The SMILES string of the molecule is CCOc1cc(C(C#N)N2CCN(C)CC2)cc(Cl)c1OC. The van der Waals surface area contributed by atoms with E-state index >= 15 is 0 Å².